The molecule has 1 atom stereocenters. The molecule has 2 aliphatic carbocycles. The van der Waals surface area contributed by atoms with Crippen molar-refractivity contribution >= 4 is 17.2 Å². The quantitative estimate of drug-likeness (QED) is 0.870. The van der Waals surface area contributed by atoms with Crippen LogP contribution in [0.1, 0.15) is 66.8 Å². The van der Waals surface area contributed by atoms with Crippen LogP contribution in [0.3, 0.4) is 0 Å². The monoisotopic (exact) mass is 291 g/mol. The van der Waals surface area contributed by atoms with E-state index in [9.17, 15) is 4.79 Å². The summed E-state index contributed by atoms with van der Waals surface area (Å²) >= 11 is 1.79. The summed E-state index contributed by atoms with van der Waals surface area (Å²) in [5, 5.41) is 5.36. The highest BCUT2D eigenvalue weighted by Gasteiger charge is 2.25. The fourth-order valence-electron chi connectivity index (χ4n) is 3.54. The summed E-state index contributed by atoms with van der Waals surface area (Å²) in [7, 11) is 0. The lowest BCUT2D eigenvalue weighted by Crippen LogP contribution is -2.37. The van der Waals surface area contributed by atoms with Gasteiger partial charge in [-0.1, -0.05) is 13.8 Å². The van der Waals surface area contributed by atoms with Crippen LogP contribution in [0.5, 0.6) is 0 Å². The van der Waals surface area contributed by atoms with Gasteiger partial charge in [0.1, 0.15) is 0 Å². The van der Waals surface area contributed by atoms with Crippen molar-refractivity contribution in [1.29, 1.82) is 0 Å². The third-order valence-electron chi connectivity index (χ3n) is 5.00. The molecule has 1 heterocycles. The first-order valence-electron chi connectivity index (χ1n) is 8.03. The Balaban J connectivity index is 1.66. The van der Waals surface area contributed by atoms with Gasteiger partial charge in [-0.2, -0.15) is 0 Å². The van der Waals surface area contributed by atoms with Crippen molar-refractivity contribution in [3.05, 3.63) is 21.4 Å². The van der Waals surface area contributed by atoms with Crippen molar-refractivity contribution in [1.82, 2.24) is 5.32 Å². The molecule has 3 heteroatoms. The second-order valence-corrected chi connectivity index (χ2v) is 7.79. The maximum Gasteiger partial charge on any atom is 0.252 e. The minimum Gasteiger partial charge on any atom is -0.349 e. The second kappa shape index (κ2) is 5.88. The van der Waals surface area contributed by atoms with E-state index in [2.05, 4.69) is 24.5 Å². The maximum absolute atomic E-state index is 12.5. The maximum atomic E-state index is 12.5. The molecule has 1 N–H and O–H groups in total. The summed E-state index contributed by atoms with van der Waals surface area (Å²) < 4.78 is 0. The third-order valence-corrected chi connectivity index (χ3v) is 6.05. The van der Waals surface area contributed by atoms with Gasteiger partial charge in [0.05, 0.1) is 5.56 Å². The van der Waals surface area contributed by atoms with Gasteiger partial charge >= 0.3 is 0 Å². The molecule has 0 aliphatic heterocycles. The van der Waals surface area contributed by atoms with Crippen molar-refractivity contribution in [2.75, 3.05) is 0 Å². The highest BCUT2D eigenvalue weighted by Crippen LogP contribution is 2.33. The highest BCUT2D eigenvalue weighted by molar-refractivity contribution is 7.10. The van der Waals surface area contributed by atoms with Crippen molar-refractivity contribution < 1.29 is 4.79 Å². The molecule has 0 spiro atoms. The molecule has 1 saturated carbocycles. The van der Waals surface area contributed by atoms with Crippen LogP contribution >= 0.6 is 11.3 Å². The van der Waals surface area contributed by atoms with Crippen molar-refractivity contribution in [3.8, 4) is 0 Å². The van der Waals surface area contributed by atoms with E-state index in [1.54, 1.807) is 11.3 Å². The number of amides is 1. The number of carbonyl (C=O) groups excluding carboxylic acids is 1. The fraction of sp³-hybridized carbons (Fsp3) is 0.706. The van der Waals surface area contributed by atoms with E-state index in [1.165, 1.54) is 29.7 Å². The summed E-state index contributed by atoms with van der Waals surface area (Å²) in [5.41, 5.74) is 2.31. The lowest BCUT2D eigenvalue weighted by Gasteiger charge is -2.27. The van der Waals surface area contributed by atoms with E-state index >= 15 is 0 Å². The summed E-state index contributed by atoms with van der Waals surface area (Å²) in [5.74, 6) is 1.78. The Morgan fingerprint density at radius 1 is 1.15 bits per heavy atom. The third kappa shape index (κ3) is 2.93. The molecular formula is C17H25NOS. The molecule has 0 aromatic carbocycles. The SMILES string of the molecule is CC1CCC(NC(=O)c2csc3c2CCC(C)C3)CC1. The lowest BCUT2D eigenvalue weighted by molar-refractivity contribution is 0.0922. The van der Waals surface area contributed by atoms with E-state index < -0.39 is 0 Å². The molecule has 0 bridgehead atoms. The van der Waals surface area contributed by atoms with Gasteiger partial charge in [-0.25, -0.2) is 0 Å². The van der Waals surface area contributed by atoms with E-state index in [0.717, 1.165) is 43.1 Å². The fourth-order valence-corrected chi connectivity index (χ4v) is 4.78. The Morgan fingerprint density at radius 3 is 2.65 bits per heavy atom. The Hall–Kier alpha value is -0.830. The largest absolute Gasteiger partial charge is 0.349 e. The predicted octanol–water partition coefficient (Wildman–Crippen LogP) is 4.18. The Kier molecular flexibility index (Phi) is 4.16. The molecule has 1 fully saturated rings. The lowest BCUT2D eigenvalue weighted by atomic mass is 9.86. The normalized spacial score (nSPS) is 29.8. The van der Waals surface area contributed by atoms with E-state index in [1.807, 2.05) is 0 Å². The molecule has 1 aromatic rings. The van der Waals surface area contributed by atoms with Gasteiger partial charge < -0.3 is 5.32 Å². The molecular weight excluding hydrogens is 266 g/mol. The number of hydrogen-bond acceptors (Lipinski definition) is 2. The molecule has 0 radical (unpaired) electrons. The van der Waals surface area contributed by atoms with Gasteiger partial charge in [0.2, 0.25) is 0 Å². The average Bonchev–Trinajstić information content (AvgIpc) is 2.84. The second-order valence-electron chi connectivity index (χ2n) is 6.83. The van der Waals surface area contributed by atoms with Gasteiger partial charge in [-0.15, -0.1) is 11.3 Å². The van der Waals surface area contributed by atoms with Crippen LogP contribution in [0.15, 0.2) is 5.38 Å². The van der Waals surface area contributed by atoms with Gasteiger partial charge in [-0.3, -0.25) is 4.79 Å². The number of rotatable bonds is 2. The van der Waals surface area contributed by atoms with Crippen molar-refractivity contribution in [2.24, 2.45) is 11.8 Å². The first-order chi connectivity index (χ1) is 9.63. The van der Waals surface area contributed by atoms with Gasteiger partial charge in [0.15, 0.2) is 0 Å². The zero-order valence-corrected chi connectivity index (χ0v) is 13.4. The van der Waals surface area contributed by atoms with Crippen LogP contribution in [0.2, 0.25) is 0 Å². The van der Waals surface area contributed by atoms with E-state index in [0.29, 0.717) is 6.04 Å². The minimum atomic E-state index is 0.177. The van der Waals surface area contributed by atoms with Crippen LogP contribution in [0, 0.1) is 11.8 Å². The van der Waals surface area contributed by atoms with Crippen LogP contribution in [0.4, 0.5) is 0 Å². The Morgan fingerprint density at radius 2 is 1.90 bits per heavy atom. The smallest absolute Gasteiger partial charge is 0.252 e. The first kappa shape index (κ1) is 14.1. The molecule has 1 unspecified atom stereocenters. The number of thiophene rings is 1. The molecule has 2 nitrogen and oxygen atoms in total. The molecule has 0 saturated heterocycles. The van der Waals surface area contributed by atoms with Gasteiger partial charge in [0, 0.05) is 16.3 Å². The van der Waals surface area contributed by atoms with Crippen molar-refractivity contribution in [2.45, 2.75) is 64.8 Å². The van der Waals surface area contributed by atoms with E-state index in [4.69, 9.17) is 0 Å². The van der Waals surface area contributed by atoms with Gasteiger partial charge in [0.25, 0.3) is 5.91 Å². The standard InChI is InChI=1S/C17H25NOS/c1-11-3-6-13(7-4-11)18-17(19)15-10-20-16-9-12(2)5-8-14(15)16/h10-13H,3-9H2,1-2H3,(H,18,19). The van der Waals surface area contributed by atoms with Gasteiger partial charge in [-0.05, 0) is 62.3 Å². The topological polar surface area (TPSA) is 29.1 Å². The number of carbonyl (C=O) groups is 1. The predicted molar refractivity (Wildman–Crippen MR) is 84.4 cm³/mol. The molecule has 1 aromatic heterocycles. The van der Waals surface area contributed by atoms with Crippen molar-refractivity contribution in [3.63, 3.8) is 0 Å². The zero-order chi connectivity index (χ0) is 14.1. The number of nitrogens with one attached hydrogen (secondary N) is 1. The summed E-state index contributed by atoms with van der Waals surface area (Å²) in [6.07, 6.45) is 8.28. The number of fused-ring (bicyclic) bond motifs is 1. The molecule has 3 rings (SSSR count). The van der Waals surface area contributed by atoms with Crippen LogP contribution in [-0.2, 0) is 12.8 Å². The highest BCUT2D eigenvalue weighted by atomic mass is 32.1. The molecule has 1 amide bonds. The summed E-state index contributed by atoms with van der Waals surface area (Å²) in [6.45, 7) is 4.63. The Labute approximate surface area is 126 Å². The molecule has 20 heavy (non-hydrogen) atoms. The van der Waals surface area contributed by atoms with E-state index in [-0.39, 0.29) is 5.91 Å². The van der Waals surface area contributed by atoms with Crippen LogP contribution < -0.4 is 5.32 Å². The Bertz CT molecular complexity index is 485. The summed E-state index contributed by atoms with van der Waals surface area (Å²) in [4.78, 5) is 14.0. The molecule has 2 aliphatic rings. The zero-order valence-electron chi connectivity index (χ0n) is 12.6. The number of hydrogen-bond donors (Lipinski definition) is 1. The average molecular weight is 291 g/mol. The molecule has 110 valence electrons. The first-order valence-corrected chi connectivity index (χ1v) is 8.91. The van der Waals surface area contributed by atoms with Crippen LogP contribution in [-0.4, -0.2) is 11.9 Å². The summed E-state index contributed by atoms with van der Waals surface area (Å²) in [6, 6.07) is 0.400. The van der Waals surface area contributed by atoms with Crippen LogP contribution in [0.25, 0.3) is 0 Å². The minimum absolute atomic E-state index is 0.177.